The molecule has 0 aliphatic carbocycles. The Bertz CT molecular complexity index is 783. The Morgan fingerprint density at radius 3 is 2.83 bits per heavy atom. The lowest BCUT2D eigenvalue weighted by Gasteiger charge is -2.14. The largest absolute Gasteiger partial charge is 0.337 e. The maximum absolute atomic E-state index is 12.1. The van der Waals surface area contributed by atoms with Crippen molar-refractivity contribution < 1.29 is 4.79 Å². The quantitative estimate of drug-likeness (QED) is 0.739. The number of aromatic nitrogens is 7. The van der Waals surface area contributed by atoms with Crippen molar-refractivity contribution in [3.05, 3.63) is 41.4 Å². The highest BCUT2D eigenvalue weighted by Gasteiger charge is 2.14. The summed E-state index contributed by atoms with van der Waals surface area (Å²) in [6.45, 7) is 0.322. The van der Waals surface area contributed by atoms with Crippen molar-refractivity contribution in [2.75, 3.05) is 7.05 Å². The van der Waals surface area contributed by atoms with Crippen LogP contribution in [0.4, 0.5) is 0 Å². The Kier molecular flexibility index (Phi) is 4.29. The number of tetrazole rings is 1. The highest BCUT2D eigenvalue weighted by Crippen LogP contribution is 2.16. The van der Waals surface area contributed by atoms with Gasteiger partial charge in [0.25, 0.3) is 0 Å². The molecule has 0 saturated carbocycles. The number of carbonyl (C=O) groups excluding carboxylic acids is 1. The van der Waals surface area contributed by atoms with Gasteiger partial charge in [0.05, 0.1) is 6.54 Å². The average molecular weight is 333 g/mol. The van der Waals surface area contributed by atoms with Crippen molar-refractivity contribution >= 4 is 17.5 Å². The van der Waals surface area contributed by atoms with E-state index < -0.39 is 0 Å². The van der Waals surface area contributed by atoms with Crippen molar-refractivity contribution in [2.45, 2.75) is 13.1 Å². The normalized spacial score (nSPS) is 10.7. The van der Waals surface area contributed by atoms with Crippen LogP contribution in [0, 0.1) is 0 Å². The number of benzene rings is 1. The van der Waals surface area contributed by atoms with Gasteiger partial charge in [0, 0.05) is 17.6 Å². The van der Waals surface area contributed by atoms with E-state index in [9.17, 15) is 4.79 Å². The zero-order chi connectivity index (χ0) is 16.2. The van der Waals surface area contributed by atoms with Crippen LogP contribution in [0.2, 0.25) is 5.02 Å². The fraction of sp³-hybridized carbons (Fsp3) is 0.231. The van der Waals surface area contributed by atoms with Gasteiger partial charge in [0.1, 0.15) is 18.7 Å². The fourth-order valence-electron chi connectivity index (χ4n) is 1.89. The molecule has 0 radical (unpaired) electrons. The number of likely N-dealkylation sites (N-methyl/N-ethyl adjacent to an activating group) is 1. The highest BCUT2D eigenvalue weighted by molar-refractivity contribution is 6.30. The molecule has 0 fully saturated rings. The van der Waals surface area contributed by atoms with Gasteiger partial charge >= 0.3 is 0 Å². The number of halogens is 1. The summed E-state index contributed by atoms with van der Waals surface area (Å²) in [4.78, 5) is 18.9. The first kappa shape index (κ1) is 15.1. The SMILES string of the molecule is CN(Cc1ncn[nH]1)C(=O)Cn1nnc(-c2ccc(Cl)cc2)n1. The van der Waals surface area contributed by atoms with Crippen LogP contribution in [0.1, 0.15) is 5.82 Å². The summed E-state index contributed by atoms with van der Waals surface area (Å²) in [5.41, 5.74) is 0.781. The second-order valence-electron chi connectivity index (χ2n) is 4.83. The lowest BCUT2D eigenvalue weighted by molar-refractivity contribution is -0.131. The number of hydrogen-bond donors (Lipinski definition) is 1. The predicted molar refractivity (Wildman–Crippen MR) is 81.1 cm³/mol. The number of nitrogens with zero attached hydrogens (tertiary/aromatic N) is 7. The number of nitrogens with one attached hydrogen (secondary N) is 1. The smallest absolute Gasteiger partial charge is 0.246 e. The van der Waals surface area contributed by atoms with Gasteiger partial charge in [0.2, 0.25) is 11.7 Å². The molecule has 0 saturated heterocycles. The summed E-state index contributed by atoms with van der Waals surface area (Å²) in [5.74, 6) is 0.878. The van der Waals surface area contributed by atoms with Gasteiger partial charge in [0.15, 0.2) is 0 Å². The second kappa shape index (κ2) is 6.53. The molecule has 3 rings (SSSR count). The first-order chi connectivity index (χ1) is 11.1. The fourth-order valence-corrected chi connectivity index (χ4v) is 2.01. The summed E-state index contributed by atoms with van der Waals surface area (Å²) in [6, 6.07) is 7.07. The highest BCUT2D eigenvalue weighted by atomic mass is 35.5. The molecular weight excluding hydrogens is 320 g/mol. The maximum atomic E-state index is 12.1. The number of rotatable bonds is 5. The lowest BCUT2D eigenvalue weighted by Crippen LogP contribution is -2.31. The average Bonchev–Trinajstić information content (AvgIpc) is 3.20. The topological polar surface area (TPSA) is 105 Å². The third-order valence-corrected chi connectivity index (χ3v) is 3.36. The Morgan fingerprint density at radius 2 is 2.13 bits per heavy atom. The van der Waals surface area contributed by atoms with Crippen molar-refractivity contribution in [3.8, 4) is 11.4 Å². The van der Waals surface area contributed by atoms with Crippen molar-refractivity contribution in [1.82, 2.24) is 40.3 Å². The first-order valence-corrected chi connectivity index (χ1v) is 7.11. The van der Waals surface area contributed by atoms with Crippen LogP contribution >= 0.6 is 11.6 Å². The zero-order valence-electron chi connectivity index (χ0n) is 12.2. The molecule has 9 nitrogen and oxygen atoms in total. The summed E-state index contributed by atoms with van der Waals surface area (Å²) >= 11 is 5.84. The molecule has 10 heteroatoms. The molecule has 2 aromatic heterocycles. The number of carbonyl (C=O) groups is 1. The van der Waals surface area contributed by atoms with E-state index in [1.54, 1.807) is 31.3 Å². The molecule has 1 aromatic carbocycles. The number of amides is 1. The molecule has 0 aliphatic heterocycles. The van der Waals surface area contributed by atoms with Crippen molar-refractivity contribution in [3.63, 3.8) is 0 Å². The van der Waals surface area contributed by atoms with Gasteiger partial charge in [-0.05, 0) is 29.5 Å². The molecule has 1 amide bonds. The van der Waals surface area contributed by atoms with Crippen LogP contribution in [0.25, 0.3) is 11.4 Å². The molecule has 23 heavy (non-hydrogen) atoms. The van der Waals surface area contributed by atoms with Gasteiger partial charge in [-0.3, -0.25) is 9.89 Å². The Balaban J connectivity index is 1.64. The minimum absolute atomic E-state index is 0.00870. The Morgan fingerprint density at radius 1 is 1.35 bits per heavy atom. The third kappa shape index (κ3) is 3.69. The summed E-state index contributed by atoms with van der Waals surface area (Å²) in [7, 11) is 1.67. The third-order valence-electron chi connectivity index (χ3n) is 3.11. The molecule has 0 bridgehead atoms. The molecule has 118 valence electrons. The van der Waals surface area contributed by atoms with E-state index >= 15 is 0 Å². The standard InChI is InChI=1S/C13H13ClN8O/c1-21(6-11-15-8-16-17-11)12(23)7-22-19-13(18-20-22)9-2-4-10(14)5-3-9/h2-5,8H,6-7H2,1H3,(H,15,16,17). The molecule has 0 unspecified atom stereocenters. The van der Waals surface area contributed by atoms with Gasteiger partial charge in [-0.15, -0.1) is 10.2 Å². The van der Waals surface area contributed by atoms with Gasteiger partial charge in [-0.25, -0.2) is 4.98 Å². The van der Waals surface area contributed by atoms with E-state index in [1.807, 2.05) is 0 Å². The van der Waals surface area contributed by atoms with Crippen LogP contribution < -0.4 is 0 Å². The number of hydrogen-bond acceptors (Lipinski definition) is 6. The molecule has 0 aliphatic rings. The van der Waals surface area contributed by atoms with Crippen LogP contribution in [0.5, 0.6) is 0 Å². The molecule has 3 aromatic rings. The number of H-pyrrole nitrogens is 1. The van der Waals surface area contributed by atoms with Crippen LogP contribution in [0.3, 0.4) is 0 Å². The zero-order valence-corrected chi connectivity index (χ0v) is 13.0. The second-order valence-corrected chi connectivity index (χ2v) is 5.27. The molecule has 0 spiro atoms. The van der Waals surface area contributed by atoms with E-state index in [4.69, 9.17) is 11.6 Å². The first-order valence-electron chi connectivity index (χ1n) is 6.74. The van der Waals surface area contributed by atoms with E-state index in [0.29, 0.717) is 23.2 Å². The minimum atomic E-state index is -0.165. The maximum Gasteiger partial charge on any atom is 0.246 e. The van der Waals surface area contributed by atoms with Gasteiger partial charge < -0.3 is 4.90 Å². The summed E-state index contributed by atoms with van der Waals surface area (Å²) in [5, 5.41) is 19.1. The van der Waals surface area contributed by atoms with Crippen molar-refractivity contribution in [2.24, 2.45) is 0 Å². The van der Waals surface area contributed by atoms with Crippen molar-refractivity contribution in [1.29, 1.82) is 0 Å². The minimum Gasteiger partial charge on any atom is -0.337 e. The Labute approximate surface area is 136 Å². The lowest BCUT2D eigenvalue weighted by atomic mass is 10.2. The number of aromatic amines is 1. The van der Waals surface area contributed by atoms with Crippen LogP contribution in [-0.2, 0) is 17.9 Å². The van der Waals surface area contributed by atoms with Gasteiger partial charge in [-0.2, -0.15) is 9.90 Å². The molecular formula is C13H13ClN8O. The summed E-state index contributed by atoms with van der Waals surface area (Å²) < 4.78 is 0. The molecule has 0 atom stereocenters. The monoisotopic (exact) mass is 332 g/mol. The van der Waals surface area contributed by atoms with E-state index in [2.05, 4.69) is 30.6 Å². The molecule has 2 heterocycles. The Hall–Kier alpha value is -2.81. The predicted octanol–water partition coefficient (Wildman–Crippen LogP) is 0.770. The van der Waals surface area contributed by atoms with Crippen LogP contribution in [0.15, 0.2) is 30.6 Å². The van der Waals surface area contributed by atoms with E-state index in [1.165, 1.54) is 16.0 Å². The molecule has 1 N–H and O–H groups in total. The van der Waals surface area contributed by atoms with E-state index in [-0.39, 0.29) is 12.5 Å². The van der Waals surface area contributed by atoms with E-state index in [0.717, 1.165) is 5.56 Å². The van der Waals surface area contributed by atoms with Gasteiger partial charge in [-0.1, -0.05) is 11.6 Å². The van der Waals surface area contributed by atoms with Crippen LogP contribution in [-0.4, -0.2) is 53.2 Å². The summed E-state index contributed by atoms with van der Waals surface area (Å²) in [6.07, 6.45) is 1.39.